The van der Waals surface area contributed by atoms with E-state index >= 15 is 0 Å². The van der Waals surface area contributed by atoms with E-state index in [2.05, 4.69) is 31.4 Å². The van der Waals surface area contributed by atoms with Gasteiger partial charge in [-0.3, -0.25) is 4.79 Å². The van der Waals surface area contributed by atoms with Gasteiger partial charge < -0.3 is 20.3 Å². The number of aryl methyl sites for hydroxylation is 2. The van der Waals surface area contributed by atoms with Crippen LogP contribution in [0.1, 0.15) is 51.4 Å². The van der Waals surface area contributed by atoms with E-state index in [9.17, 15) is 9.59 Å². The van der Waals surface area contributed by atoms with Gasteiger partial charge >= 0.3 is 6.03 Å². The molecular weight excluding hydrogens is 466 g/mol. The fraction of sp³-hybridized carbons (Fsp3) is 0.414. The Bertz CT molecular complexity index is 1220. The summed E-state index contributed by atoms with van der Waals surface area (Å²) in [6.45, 7) is 14.5. The molecule has 0 fully saturated rings. The minimum Gasteiger partial charge on any atom is -0.497 e. The van der Waals surface area contributed by atoms with Crippen molar-refractivity contribution < 1.29 is 14.3 Å². The van der Waals surface area contributed by atoms with Crippen LogP contribution >= 0.6 is 0 Å². The Labute approximate surface area is 220 Å². The summed E-state index contributed by atoms with van der Waals surface area (Å²) in [7, 11) is 1.62. The largest absolute Gasteiger partial charge is 0.497 e. The lowest BCUT2D eigenvalue weighted by Gasteiger charge is -2.25. The van der Waals surface area contributed by atoms with Crippen molar-refractivity contribution in [1.29, 1.82) is 0 Å². The van der Waals surface area contributed by atoms with Crippen molar-refractivity contribution in [1.82, 2.24) is 14.7 Å². The number of para-hydroxylation sites is 1. The van der Waals surface area contributed by atoms with E-state index < -0.39 is 0 Å². The number of amides is 3. The molecule has 37 heavy (non-hydrogen) atoms. The number of nitrogens with zero attached hydrogens (tertiary/aromatic N) is 3. The smallest absolute Gasteiger partial charge is 0.322 e. The van der Waals surface area contributed by atoms with E-state index in [4.69, 9.17) is 9.84 Å². The molecule has 0 spiro atoms. The van der Waals surface area contributed by atoms with Crippen LogP contribution in [0.5, 0.6) is 5.75 Å². The number of hydrogen-bond donors (Lipinski definition) is 2. The number of ether oxygens (including phenoxy) is 1. The molecule has 0 bridgehead atoms. The molecule has 0 aliphatic heterocycles. The summed E-state index contributed by atoms with van der Waals surface area (Å²) in [6.07, 6.45) is 0. The van der Waals surface area contributed by atoms with Crippen LogP contribution in [0.3, 0.4) is 0 Å². The fourth-order valence-corrected chi connectivity index (χ4v) is 3.97. The highest BCUT2D eigenvalue weighted by molar-refractivity contribution is 5.97. The summed E-state index contributed by atoms with van der Waals surface area (Å²) in [5.41, 5.74) is 4.13. The lowest BCUT2D eigenvalue weighted by Crippen LogP contribution is -2.42. The van der Waals surface area contributed by atoms with Gasteiger partial charge in [0.1, 0.15) is 18.1 Å². The fourth-order valence-electron chi connectivity index (χ4n) is 3.97. The van der Waals surface area contributed by atoms with E-state index in [-0.39, 0.29) is 29.8 Å². The van der Waals surface area contributed by atoms with Crippen molar-refractivity contribution in [3.05, 3.63) is 65.4 Å². The third-order valence-corrected chi connectivity index (χ3v) is 5.98. The Morgan fingerprint density at radius 1 is 1.03 bits per heavy atom. The van der Waals surface area contributed by atoms with Crippen LogP contribution < -0.4 is 15.4 Å². The van der Waals surface area contributed by atoms with Gasteiger partial charge in [-0.05, 0) is 55.2 Å². The lowest BCUT2D eigenvalue weighted by atomic mass is 9.92. The summed E-state index contributed by atoms with van der Waals surface area (Å²) in [6, 6.07) is 14.9. The number of methoxy groups -OCH3 is 1. The second-order valence-corrected chi connectivity index (χ2v) is 10.8. The summed E-state index contributed by atoms with van der Waals surface area (Å²) in [4.78, 5) is 28.0. The molecule has 8 nitrogen and oxygen atoms in total. The number of urea groups is 1. The number of rotatable bonds is 8. The van der Waals surface area contributed by atoms with Gasteiger partial charge in [-0.15, -0.1) is 0 Å². The molecule has 0 aliphatic carbocycles. The van der Waals surface area contributed by atoms with Crippen molar-refractivity contribution in [2.45, 2.75) is 53.9 Å². The van der Waals surface area contributed by atoms with Gasteiger partial charge in [-0.2, -0.15) is 5.10 Å². The predicted octanol–water partition coefficient (Wildman–Crippen LogP) is 5.92. The van der Waals surface area contributed by atoms with Gasteiger partial charge in [0.2, 0.25) is 5.91 Å². The van der Waals surface area contributed by atoms with Crippen LogP contribution in [0, 0.1) is 19.8 Å². The molecule has 2 aromatic carbocycles. The quantitative estimate of drug-likeness (QED) is 0.397. The zero-order chi connectivity index (χ0) is 27.3. The van der Waals surface area contributed by atoms with Crippen LogP contribution in [0.15, 0.2) is 48.5 Å². The van der Waals surface area contributed by atoms with E-state index in [1.54, 1.807) is 16.7 Å². The standard InChI is InChI=1S/C29H39N5O3/c1-19(2)17-33(28(36)31-27-20(3)10-9-11-21(27)4)18-26(35)30-25-16-24(29(5,6)7)32-34(25)22-12-14-23(37-8)15-13-22/h9-16,19H,17-18H2,1-8H3,(H,30,35)(H,31,36). The molecular formula is C29H39N5O3. The first-order valence-corrected chi connectivity index (χ1v) is 12.6. The Balaban J connectivity index is 1.84. The first kappa shape index (κ1) is 27.8. The molecule has 198 valence electrons. The highest BCUT2D eigenvalue weighted by atomic mass is 16.5. The van der Waals surface area contributed by atoms with Crippen molar-refractivity contribution in [3.8, 4) is 11.4 Å². The Morgan fingerprint density at radius 3 is 2.19 bits per heavy atom. The number of hydrogen-bond acceptors (Lipinski definition) is 4. The second-order valence-electron chi connectivity index (χ2n) is 10.8. The Kier molecular flexibility index (Phi) is 8.63. The first-order valence-electron chi connectivity index (χ1n) is 12.6. The minimum absolute atomic E-state index is 0.0897. The Morgan fingerprint density at radius 2 is 1.65 bits per heavy atom. The molecule has 1 aromatic heterocycles. The van der Waals surface area contributed by atoms with Gasteiger partial charge in [0.15, 0.2) is 0 Å². The number of nitrogens with one attached hydrogen (secondary N) is 2. The predicted molar refractivity (Wildman–Crippen MR) is 149 cm³/mol. The summed E-state index contributed by atoms with van der Waals surface area (Å²) >= 11 is 0. The zero-order valence-electron chi connectivity index (χ0n) is 23.2. The molecule has 2 N–H and O–H groups in total. The number of benzene rings is 2. The maximum Gasteiger partial charge on any atom is 0.322 e. The third-order valence-electron chi connectivity index (χ3n) is 5.98. The molecule has 0 aliphatic rings. The maximum atomic E-state index is 13.2. The number of carbonyl (C=O) groups is 2. The highest BCUT2D eigenvalue weighted by Gasteiger charge is 2.24. The normalized spacial score (nSPS) is 11.4. The van der Waals surface area contributed by atoms with Gasteiger partial charge in [-0.25, -0.2) is 9.48 Å². The average molecular weight is 506 g/mol. The van der Waals surface area contributed by atoms with E-state index in [0.29, 0.717) is 12.4 Å². The van der Waals surface area contributed by atoms with E-state index in [1.807, 2.05) is 76.2 Å². The van der Waals surface area contributed by atoms with Crippen LogP contribution in [0.25, 0.3) is 5.69 Å². The van der Waals surface area contributed by atoms with Crippen LogP contribution in [-0.2, 0) is 10.2 Å². The second kappa shape index (κ2) is 11.5. The lowest BCUT2D eigenvalue weighted by molar-refractivity contribution is -0.116. The van der Waals surface area contributed by atoms with Crippen molar-refractivity contribution in [3.63, 3.8) is 0 Å². The molecule has 3 aromatic rings. The van der Waals surface area contributed by atoms with Crippen LogP contribution in [-0.4, -0.2) is 46.8 Å². The van der Waals surface area contributed by atoms with E-state index in [0.717, 1.165) is 33.9 Å². The monoisotopic (exact) mass is 505 g/mol. The molecule has 1 heterocycles. The number of carbonyl (C=O) groups excluding carboxylic acids is 2. The number of anilines is 2. The molecule has 0 unspecified atom stereocenters. The summed E-state index contributed by atoms with van der Waals surface area (Å²) < 4.78 is 6.98. The summed E-state index contributed by atoms with van der Waals surface area (Å²) in [5, 5.41) is 10.8. The van der Waals surface area contributed by atoms with Gasteiger partial charge in [0.05, 0.1) is 18.5 Å². The van der Waals surface area contributed by atoms with E-state index in [1.165, 1.54) is 0 Å². The van der Waals surface area contributed by atoms with Crippen molar-refractivity contribution >= 4 is 23.4 Å². The van der Waals surface area contributed by atoms with Gasteiger partial charge in [-0.1, -0.05) is 52.8 Å². The molecule has 0 saturated carbocycles. The van der Waals surface area contributed by atoms with Crippen LogP contribution in [0.4, 0.5) is 16.3 Å². The average Bonchev–Trinajstić information content (AvgIpc) is 3.25. The summed E-state index contributed by atoms with van der Waals surface area (Å²) in [5.74, 6) is 1.16. The molecule has 0 saturated heterocycles. The molecule has 8 heteroatoms. The molecule has 0 atom stereocenters. The van der Waals surface area contributed by atoms with Crippen LogP contribution in [0.2, 0.25) is 0 Å². The number of aromatic nitrogens is 2. The molecule has 3 amide bonds. The first-order chi connectivity index (χ1) is 17.4. The maximum absolute atomic E-state index is 13.2. The Hall–Kier alpha value is -3.81. The molecule has 0 radical (unpaired) electrons. The topological polar surface area (TPSA) is 88.5 Å². The van der Waals surface area contributed by atoms with Gasteiger partial charge in [0.25, 0.3) is 0 Å². The third kappa shape index (κ3) is 7.12. The van der Waals surface area contributed by atoms with Gasteiger partial charge in [0, 0.05) is 23.7 Å². The highest BCUT2D eigenvalue weighted by Crippen LogP contribution is 2.27. The molecule has 3 rings (SSSR count). The zero-order valence-corrected chi connectivity index (χ0v) is 23.2. The minimum atomic E-state index is -0.305. The van der Waals surface area contributed by atoms with Crippen molar-refractivity contribution in [2.24, 2.45) is 5.92 Å². The SMILES string of the molecule is COc1ccc(-n2nc(C(C)(C)C)cc2NC(=O)CN(CC(C)C)C(=O)Nc2c(C)cccc2C)cc1. The van der Waals surface area contributed by atoms with Crippen molar-refractivity contribution in [2.75, 3.05) is 30.8 Å².